The molecular formula is C16H25NO3. The Labute approximate surface area is 120 Å². The third-order valence-electron chi connectivity index (χ3n) is 5.83. The van der Waals surface area contributed by atoms with Gasteiger partial charge in [-0.05, 0) is 82.2 Å². The maximum Gasteiger partial charge on any atom is 0.509 e. The summed E-state index contributed by atoms with van der Waals surface area (Å²) in [6, 6.07) is 0. The van der Waals surface area contributed by atoms with Crippen LogP contribution in [-0.2, 0) is 9.47 Å². The Morgan fingerprint density at radius 1 is 0.950 bits per heavy atom. The van der Waals surface area contributed by atoms with E-state index in [0.717, 1.165) is 62.9 Å². The van der Waals surface area contributed by atoms with E-state index in [1.807, 2.05) is 0 Å². The van der Waals surface area contributed by atoms with E-state index in [2.05, 4.69) is 5.32 Å². The van der Waals surface area contributed by atoms with Crippen LogP contribution in [0, 0.1) is 17.8 Å². The monoisotopic (exact) mass is 279 g/mol. The van der Waals surface area contributed by atoms with E-state index in [4.69, 9.17) is 9.47 Å². The van der Waals surface area contributed by atoms with Gasteiger partial charge in [0.15, 0.2) is 0 Å². The Morgan fingerprint density at radius 2 is 1.50 bits per heavy atom. The van der Waals surface area contributed by atoms with Crippen LogP contribution in [0.25, 0.3) is 0 Å². The zero-order valence-electron chi connectivity index (χ0n) is 12.1. The fourth-order valence-corrected chi connectivity index (χ4v) is 5.41. The molecule has 0 aromatic heterocycles. The van der Waals surface area contributed by atoms with E-state index in [0.29, 0.717) is 0 Å². The zero-order chi connectivity index (χ0) is 13.6. The summed E-state index contributed by atoms with van der Waals surface area (Å²) in [5.41, 5.74) is -0.168. The molecule has 0 amide bonds. The number of nitrogens with one attached hydrogen (secondary N) is 1. The van der Waals surface area contributed by atoms with Gasteiger partial charge in [0.05, 0.1) is 0 Å². The minimum atomic E-state index is -0.404. The molecule has 4 saturated carbocycles. The highest BCUT2D eigenvalue weighted by Crippen LogP contribution is 2.57. The summed E-state index contributed by atoms with van der Waals surface area (Å²) >= 11 is 0. The first-order valence-electron chi connectivity index (χ1n) is 8.31. The van der Waals surface area contributed by atoms with Crippen molar-refractivity contribution in [2.24, 2.45) is 17.8 Å². The van der Waals surface area contributed by atoms with Crippen molar-refractivity contribution in [3.05, 3.63) is 0 Å². The van der Waals surface area contributed by atoms with Crippen molar-refractivity contribution in [2.75, 3.05) is 13.1 Å². The predicted octanol–water partition coefficient (Wildman–Crippen LogP) is 2.86. The zero-order valence-corrected chi connectivity index (χ0v) is 12.1. The van der Waals surface area contributed by atoms with Crippen molar-refractivity contribution in [1.82, 2.24) is 5.32 Å². The van der Waals surface area contributed by atoms with Crippen molar-refractivity contribution in [3.8, 4) is 0 Å². The normalized spacial score (nSPS) is 43.5. The lowest BCUT2D eigenvalue weighted by Gasteiger charge is -2.55. The summed E-state index contributed by atoms with van der Waals surface area (Å²) in [5.74, 6) is 2.40. The van der Waals surface area contributed by atoms with E-state index in [1.54, 1.807) is 0 Å². The first kappa shape index (κ1) is 12.9. The Kier molecular flexibility index (Phi) is 3.17. The quantitative estimate of drug-likeness (QED) is 0.790. The lowest BCUT2D eigenvalue weighted by atomic mass is 9.54. The van der Waals surface area contributed by atoms with Crippen LogP contribution >= 0.6 is 0 Å². The van der Waals surface area contributed by atoms with Crippen LogP contribution in [0.1, 0.15) is 51.4 Å². The molecule has 4 nitrogen and oxygen atoms in total. The molecule has 1 aliphatic heterocycles. The fourth-order valence-electron chi connectivity index (χ4n) is 5.41. The predicted molar refractivity (Wildman–Crippen MR) is 74.4 cm³/mol. The molecule has 1 heterocycles. The largest absolute Gasteiger partial charge is 0.509 e. The highest BCUT2D eigenvalue weighted by molar-refractivity contribution is 5.61. The van der Waals surface area contributed by atoms with Gasteiger partial charge < -0.3 is 14.8 Å². The Morgan fingerprint density at radius 3 is 2.05 bits per heavy atom. The van der Waals surface area contributed by atoms with E-state index in [1.165, 1.54) is 19.3 Å². The van der Waals surface area contributed by atoms with Gasteiger partial charge in [-0.3, -0.25) is 0 Å². The molecule has 4 aliphatic carbocycles. The molecule has 4 bridgehead atoms. The molecule has 112 valence electrons. The number of hydrogen-bond acceptors (Lipinski definition) is 4. The summed E-state index contributed by atoms with van der Waals surface area (Å²) in [4.78, 5) is 12.1. The molecule has 5 aliphatic rings. The number of rotatable bonds is 2. The molecule has 0 unspecified atom stereocenters. The summed E-state index contributed by atoms with van der Waals surface area (Å²) in [6.07, 6.45) is 8.83. The van der Waals surface area contributed by atoms with Crippen LogP contribution in [0.4, 0.5) is 4.79 Å². The van der Waals surface area contributed by atoms with E-state index >= 15 is 0 Å². The molecule has 1 saturated heterocycles. The molecule has 5 fully saturated rings. The molecule has 20 heavy (non-hydrogen) atoms. The molecule has 0 radical (unpaired) electrons. The third kappa shape index (κ3) is 2.43. The highest BCUT2D eigenvalue weighted by Gasteiger charge is 2.53. The molecule has 0 aromatic rings. The average Bonchev–Trinajstić information content (AvgIpc) is 2.37. The molecule has 5 rings (SSSR count). The van der Waals surface area contributed by atoms with Gasteiger partial charge in [0.25, 0.3) is 0 Å². The maximum atomic E-state index is 12.1. The first-order chi connectivity index (χ1) is 9.71. The van der Waals surface area contributed by atoms with Gasteiger partial charge in [0, 0.05) is 0 Å². The molecule has 4 heteroatoms. The van der Waals surface area contributed by atoms with E-state index < -0.39 is 6.16 Å². The maximum absolute atomic E-state index is 12.1. The number of ether oxygens (including phenoxy) is 2. The molecule has 0 spiro atoms. The van der Waals surface area contributed by atoms with Crippen LogP contribution in [0.3, 0.4) is 0 Å². The molecule has 0 aromatic carbocycles. The van der Waals surface area contributed by atoms with Gasteiger partial charge in [-0.2, -0.15) is 0 Å². The second-order valence-electron chi connectivity index (χ2n) is 7.52. The molecular weight excluding hydrogens is 254 g/mol. The number of piperidine rings is 1. The second kappa shape index (κ2) is 4.90. The summed E-state index contributed by atoms with van der Waals surface area (Å²) in [7, 11) is 0. The smallest absolute Gasteiger partial charge is 0.431 e. The van der Waals surface area contributed by atoms with Gasteiger partial charge in [-0.25, -0.2) is 4.79 Å². The van der Waals surface area contributed by atoms with Crippen molar-refractivity contribution in [3.63, 3.8) is 0 Å². The van der Waals surface area contributed by atoms with Crippen molar-refractivity contribution in [1.29, 1.82) is 0 Å². The lowest BCUT2D eigenvalue weighted by Crippen LogP contribution is -2.53. The van der Waals surface area contributed by atoms with Crippen molar-refractivity contribution < 1.29 is 14.3 Å². The topological polar surface area (TPSA) is 47.6 Å². The summed E-state index contributed by atoms with van der Waals surface area (Å²) in [5, 5.41) is 3.28. The van der Waals surface area contributed by atoms with Gasteiger partial charge in [0.1, 0.15) is 11.7 Å². The summed E-state index contributed by atoms with van der Waals surface area (Å²) in [6.45, 7) is 1.88. The van der Waals surface area contributed by atoms with Crippen LogP contribution < -0.4 is 5.32 Å². The van der Waals surface area contributed by atoms with Crippen LogP contribution in [0.15, 0.2) is 0 Å². The van der Waals surface area contributed by atoms with Gasteiger partial charge in [-0.1, -0.05) is 0 Å². The SMILES string of the molecule is O=C(OC1CCNCC1)OC12CC3CC(CC(C3)C1)C2. The Bertz CT molecular complexity index is 354. The van der Waals surface area contributed by atoms with E-state index in [-0.39, 0.29) is 11.7 Å². The lowest BCUT2D eigenvalue weighted by molar-refractivity contribution is -0.146. The third-order valence-corrected chi connectivity index (χ3v) is 5.83. The van der Waals surface area contributed by atoms with Crippen LogP contribution in [-0.4, -0.2) is 30.9 Å². The van der Waals surface area contributed by atoms with Gasteiger partial charge in [0.2, 0.25) is 0 Å². The number of carbonyl (C=O) groups is 1. The van der Waals surface area contributed by atoms with Crippen LogP contribution in [0.5, 0.6) is 0 Å². The van der Waals surface area contributed by atoms with Gasteiger partial charge in [-0.15, -0.1) is 0 Å². The average molecular weight is 279 g/mol. The minimum Gasteiger partial charge on any atom is -0.431 e. The van der Waals surface area contributed by atoms with Gasteiger partial charge >= 0.3 is 6.16 Å². The first-order valence-corrected chi connectivity index (χ1v) is 8.31. The van der Waals surface area contributed by atoms with E-state index in [9.17, 15) is 4.79 Å². The van der Waals surface area contributed by atoms with Crippen LogP contribution in [0.2, 0.25) is 0 Å². The standard InChI is InChI=1S/C16H25NO3/c18-15(19-14-1-3-17-4-2-14)20-16-8-11-5-12(9-16)7-13(6-11)10-16/h11-14,17H,1-10H2. The number of carbonyl (C=O) groups excluding carboxylic acids is 1. The van der Waals surface area contributed by atoms with Crippen molar-refractivity contribution in [2.45, 2.75) is 63.1 Å². The van der Waals surface area contributed by atoms with Crippen molar-refractivity contribution >= 4 is 6.16 Å². The number of hydrogen-bond donors (Lipinski definition) is 1. The summed E-state index contributed by atoms with van der Waals surface area (Å²) < 4.78 is 11.4. The molecule has 1 N–H and O–H groups in total. The second-order valence-corrected chi connectivity index (χ2v) is 7.52. The highest BCUT2D eigenvalue weighted by atomic mass is 16.7. The minimum absolute atomic E-state index is 0.0534. The molecule has 0 atom stereocenters. The fraction of sp³-hybridized carbons (Fsp3) is 0.938. The Hall–Kier alpha value is -0.770. The Balaban J connectivity index is 1.37.